The first-order chi connectivity index (χ1) is 3.43. The molecule has 0 saturated carbocycles. The van der Waals surface area contributed by atoms with Crippen LogP contribution in [0.2, 0.25) is 0 Å². The van der Waals surface area contributed by atoms with Crippen LogP contribution in [0.3, 0.4) is 0 Å². The van der Waals surface area contributed by atoms with Crippen molar-refractivity contribution in [1.29, 1.82) is 0 Å². The van der Waals surface area contributed by atoms with E-state index in [1.807, 2.05) is 0 Å². The van der Waals surface area contributed by atoms with Gasteiger partial charge in [-0.05, 0) is 11.5 Å². The normalized spacial score (nSPS) is 8.57. The third-order valence-electron chi connectivity index (χ3n) is 0.498. The van der Waals surface area contributed by atoms with E-state index < -0.39 is 0 Å². The topological polar surface area (TPSA) is 25.8 Å². The Morgan fingerprint density at radius 1 is 1.86 bits per heavy atom. The molecule has 0 aliphatic heterocycles. The molecule has 1 aromatic rings. The zero-order valence-corrected chi connectivity index (χ0v) is 5.00. The molecule has 1 heterocycles. The first-order valence-electron chi connectivity index (χ1n) is 1.65. The Bertz CT molecular complexity index is 146. The quantitative estimate of drug-likeness (QED) is 0.528. The van der Waals surface area contributed by atoms with Crippen molar-refractivity contribution in [2.24, 2.45) is 0 Å². The van der Waals surface area contributed by atoms with Crippen molar-refractivity contribution in [1.82, 2.24) is 9.59 Å². The van der Waals surface area contributed by atoms with E-state index in [0.717, 1.165) is 5.69 Å². The van der Waals surface area contributed by atoms with Crippen molar-refractivity contribution < 1.29 is 0 Å². The van der Waals surface area contributed by atoms with E-state index in [2.05, 4.69) is 21.8 Å². The molecule has 0 fully saturated rings. The largest absolute Gasteiger partial charge is 0.138 e. The summed E-state index contributed by atoms with van der Waals surface area (Å²) in [5.41, 5.74) is 0.778. The molecule has 0 spiro atoms. The molecular weight excluding hydrogens is 128 g/mol. The molecule has 7 heavy (non-hydrogen) atoms. The lowest BCUT2D eigenvalue weighted by molar-refractivity contribution is 1.15. The Labute approximate surface area is 50.3 Å². The predicted molar refractivity (Wildman–Crippen MR) is 32.7 cm³/mol. The van der Waals surface area contributed by atoms with Crippen molar-refractivity contribution in [2.45, 2.75) is 0 Å². The lowest BCUT2D eigenvalue weighted by atomic mass is 10.6. The fourth-order valence-electron chi connectivity index (χ4n) is 0.223. The lowest BCUT2D eigenvalue weighted by Gasteiger charge is -1.65. The summed E-state index contributed by atoms with van der Waals surface area (Å²) in [6.45, 7) is 0. The second-order valence-corrected chi connectivity index (χ2v) is 1.79. The van der Waals surface area contributed by atoms with Gasteiger partial charge in [0, 0.05) is 10.7 Å². The van der Waals surface area contributed by atoms with Crippen molar-refractivity contribution in [2.75, 3.05) is 0 Å². The predicted octanol–water partition coefficient (Wildman–Crippen LogP) is 0.886. The van der Waals surface area contributed by atoms with Gasteiger partial charge in [0.1, 0.15) is 5.69 Å². The van der Waals surface area contributed by atoms with Gasteiger partial charge in [0.15, 0.2) is 0 Å². The standard InChI is InChI=1S/C3H2N2S2/c6-1-3-2-7-5-4-3/h1-2H. The molecule has 0 bridgehead atoms. The fourth-order valence-corrected chi connectivity index (χ4v) is 0.836. The van der Waals surface area contributed by atoms with Gasteiger partial charge >= 0.3 is 0 Å². The van der Waals surface area contributed by atoms with Gasteiger partial charge < -0.3 is 0 Å². The first kappa shape index (κ1) is 4.80. The van der Waals surface area contributed by atoms with Crippen LogP contribution in [-0.4, -0.2) is 15.0 Å². The van der Waals surface area contributed by atoms with Crippen LogP contribution in [0.1, 0.15) is 5.69 Å². The van der Waals surface area contributed by atoms with Crippen LogP contribution in [-0.2, 0) is 0 Å². The Morgan fingerprint density at radius 3 is 3.00 bits per heavy atom. The highest BCUT2D eigenvalue weighted by atomic mass is 32.1. The lowest BCUT2D eigenvalue weighted by Crippen LogP contribution is -1.73. The summed E-state index contributed by atoms with van der Waals surface area (Å²) in [7, 11) is 0. The zero-order valence-electron chi connectivity index (χ0n) is 3.37. The fraction of sp³-hybridized carbons (Fsp3) is 0. The summed E-state index contributed by atoms with van der Waals surface area (Å²) in [5.74, 6) is 0. The molecular formula is C3H2N2S2. The summed E-state index contributed by atoms with van der Waals surface area (Å²) in [5, 5.41) is 6.95. The molecule has 0 saturated heterocycles. The maximum atomic E-state index is 4.55. The van der Waals surface area contributed by atoms with Crippen LogP contribution >= 0.6 is 23.8 Å². The number of rotatable bonds is 1. The van der Waals surface area contributed by atoms with E-state index >= 15 is 0 Å². The minimum absolute atomic E-state index is 0.778. The van der Waals surface area contributed by atoms with Crippen molar-refractivity contribution >= 4 is 29.1 Å². The molecule has 0 N–H and O–H groups in total. The van der Waals surface area contributed by atoms with Crippen LogP contribution in [0.4, 0.5) is 0 Å². The molecule has 0 aliphatic rings. The van der Waals surface area contributed by atoms with Gasteiger partial charge in [-0.1, -0.05) is 16.7 Å². The zero-order chi connectivity index (χ0) is 5.11. The number of thiocarbonyl (C=S) groups is 1. The molecule has 1 rings (SSSR count). The van der Waals surface area contributed by atoms with Gasteiger partial charge in [0.25, 0.3) is 0 Å². The van der Waals surface area contributed by atoms with Crippen LogP contribution in [0.5, 0.6) is 0 Å². The summed E-state index contributed by atoms with van der Waals surface area (Å²) in [4.78, 5) is 0. The van der Waals surface area contributed by atoms with E-state index in [1.165, 1.54) is 16.9 Å². The summed E-state index contributed by atoms with van der Waals surface area (Å²) in [6, 6.07) is 0. The molecule has 36 valence electrons. The van der Waals surface area contributed by atoms with E-state index in [4.69, 9.17) is 0 Å². The van der Waals surface area contributed by atoms with Gasteiger partial charge in [-0.3, -0.25) is 0 Å². The van der Waals surface area contributed by atoms with Gasteiger partial charge in [-0.25, -0.2) is 0 Å². The van der Waals surface area contributed by atoms with Gasteiger partial charge in [-0.2, -0.15) is 0 Å². The van der Waals surface area contributed by atoms with E-state index in [0.29, 0.717) is 0 Å². The van der Waals surface area contributed by atoms with Gasteiger partial charge in [0.05, 0.1) is 0 Å². The molecule has 0 aliphatic carbocycles. The minimum atomic E-state index is 0.778. The summed E-state index contributed by atoms with van der Waals surface area (Å²) in [6.07, 6.45) is 0. The second kappa shape index (κ2) is 2.09. The van der Waals surface area contributed by atoms with Crippen molar-refractivity contribution in [3.8, 4) is 0 Å². The molecule has 0 atom stereocenters. The molecule has 4 heteroatoms. The number of hydrogen-bond acceptors (Lipinski definition) is 4. The Balaban J connectivity index is 2.96. The number of nitrogens with zero attached hydrogens (tertiary/aromatic N) is 2. The summed E-state index contributed by atoms with van der Waals surface area (Å²) >= 11 is 5.86. The molecule has 0 radical (unpaired) electrons. The molecule has 0 aromatic carbocycles. The van der Waals surface area contributed by atoms with Crippen molar-refractivity contribution in [3.63, 3.8) is 0 Å². The number of aromatic nitrogens is 2. The first-order valence-corrected chi connectivity index (χ1v) is 2.96. The Morgan fingerprint density at radius 2 is 2.71 bits per heavy atom. The minimum Gasteiger partial charge on any atom is -0.138 e. The summed E-state index contributed by atoms with van der Waals surface area (Å²) < 4.78 is 3.59. The van der Waals surface area contributed by atoms with Gasteiger partial charge in [-0.15, -0.1) is 5.10 Å². The second-order valence-electron chi connectivity index (χ2n) is 0.948. The van der Waals surface area contributed by atoms with E-state index in [1.54, 1.807) is 5.38 Å². The maximum absolute atomic E-state index is 4.55. The monoisotopic (exact) mass is 130 g/mol. The molecule has 0 unspecified atom stereocenters. The number of hydrogen-bond donors (Lipinski definition) is 0. The smallest absolute Gasteiger partial charge is 0.109 e. The van der Waals surface area contributed by atoms with Crippen LogP contribution in [0, 0.1) is 0 Å². The molecule has 2 nitrogen and oxygen atoms in total. The average Bonchev–Trinajstić information content (AvgIpc) is 2.14. The van der Waals surface area contributed by atoms with Crippen molar-refractivity contribution in [3.05, 3.63) is 11.1 Å². The maximum Gasteiger partial charge on any atom is 0.109 e. The third kappa shape index (κ3) is 1.01. The van der Waals surface area contributed by atoms with Crippen LogP contribution < -0.4 is 0 Å². The van der Waals surface area contributed by atoms with Crippen LogP contribution in [0.25, 0.3) is 0 Å². The SMILES string of the molecule is S=Cc1csnn1. The Kier molecular flexibility index (Phi) is 1.43. The molecule has 1 aromatic heterocycles. The van der Waals surface area contributed by atoms with E-state index in [9.17, 15) is 0 Å². The molecule has 0 amide bonds. The highest BCUT2D eigenvalue weighted by Crippen LogP contribution is 1.90. The van der Waals surface area contributed by atoms with Crippen LogP contribution in [0.15, 0.2) is 5.38 Å². The van der Waals surface area contributed by atoms with E-state index in [-0.39, 0.29) is 0 Å². The van der Waals surface area contributed by atoms with Gasteiger partial charge in [0.2, 0.25) is 0 Å². The highest BCUT2D eigenvalue weighted by molar-refractivity contribution is 7.79. The Hall–Kier alpha value is -0.350. The average molecular weight is 130 g/mol. The highest BCUT2D eigenvalue weighted by Gasteiger charge is 1.83. The third-order valence-corrected chi connectivity index (χ3v) is 1.26.